The monoisotopic (exact) mass is 259 g/mol. The van der Waals surface area contributed by atoms with Crippen molar-refractivity contribution in [2.45, 2.75) is 19.8 Å². The first kappa shape index (κ1) is 11.6. The molecule has 1 fully saturated rings. The number of amides is 1. The maximum Gasteiger partial charge on any atom is 0.227 e. The van der Waals surface area contributed by atoms with E-state index in [1.54, 1.807) is 0 Å². The molecule has 16 heavy (non-hydrogen) atoms. The topological polar surface area (TPSA) is 54.9 Å². The van der Waals surface area contributed by atoms with Gasteiger partial charge in [0.1, 0.15) is 12.0 Å². The van der Waals surface area contributed by atoms with E-state index in [0.717, 1.165) is 12.8 Å². The lowest BCUT2D eigenvalue weighted by molar-refractivity contribution is -0.119. The summed E-state index contributed by atoms with van der Waals surface area (Å²) in [5, 5.41) is 3.00. The molecule has 1 aromatic heterocycles. The molecule has 4 nitrogen and oxygen atoms in total. The predicted octanol–water partition coefficient (Wildman–Crippen LogP) is 2.77. The molecule has 1 aliphatic carbocycles. The fourth-order valence-corrected chi connectivity index (χ4v) is 1.90. The van der Waals surface area contributed by atoms with Crippen LogP contribution in [0.4, 0.5) is 5.69 Å². The van der Waals surface area contributed by atoms with Gasteiger partial charge in [0.05, 0.1) is 0 Å². The minimum atomic E-state index is -0.0823. The number of halogens is 2. The maximum absolute atomic E-state index is 11.8. The normalized spacial score (nSPS) is 16.9. The molecule has 1 N–H and O–H groups in total. The number of hydrogen-bond donors (Lipinski definition) is 1. The molecule has 0 spiro atoms. The van der Waals surface area contributed by atoms with Crippen molar-refractivity contribution in [1.29, 1.82) is 0 Å². The Hall–Kier alpha value is -0.870. The molecule has 0 aromatic carbocycles. The lowest BCUT2D eigenvalue weighted by Gasteiger charge is -2.12. The van der Waals surface area contributed by atoms with Crippen LogP contribution in [0.15, 0.2) is 6.33 Å². The molecule has 2 rings (SSSR count). The summed E-state index contributed by atoms with van der Waals surface area (Å²) in [6.45, 7) is 1.90. The first-order valence-corrected chi connectivity index (χ1v) is 5.82. The van der Waals surface area contributed by atoms with E-state index in [0.29, 0.717) is 11.6 Å². The number of nitrogens with one attached hydrogen (secondary N) is 1. The van der Waals surface area contributed by atoms with Crippen LogP contribution < -0.4 is 5.32 Å². The lowest BCUT2D eigenvalue weighted by atomic mass is 10.1. The molecule has 86 valence electrons. The first-order valence-electron chi connectivity index (χ1n) is 5.06. The van der Waals surface area contributed by atoms with Gasteiger partial charge < -0.3 is 5.32 Å². The standard InChI is InChI=1S/C10H11Cl2N3O/c1-5(6-2-3-6)10(16)15-7-8(11)13-4-14-9(7)12/h4-6H,2-3H2,1H3,(H,15,16). The summed E-state index contributed by atoms with van der Waals surface area (Å²) < 4.78 is 0. The Morgan fingerprint density at radius 3 is 2.50 bits per heavy atom. The van der Waals surface area contributed by atoms with Crippen molar-refractivity contribution in [1.82, 2.24) is 9.97 Å². The van der Waals surface area contributed by atoms with Gasteiger partial charge in [0.15, 0.2) is 10.3 Å². The quantitative estimate of drug-likeness (QED) is 0.850. The fourth-order valence-electron chi connectivity index (χ4n) is 1.49. The molecule has 6 heteroatoms. The summed E-state index contributed by atoms with van der Waals surface area (Å²) >= 11 is 11.6. The SMILES string of the molecule is CC(C(=O)Nc1c(Cl)ncnc1Cl)C1CC1. The summed E-state index contributed by atoms with van der Waals surface area (Å²) in [6, 6.07) is 0. The Morgan fingerprint density at radius 2 is 2.00 bits per heavy atom. The first-order chi connectivity index (χ1) is 7.59. The number of nitrogens with zero attached hydrogens (tertiary/aromatic N) is 2. The number of carbonyl (C=O) groups excluding carboxylic acids is 1. The van der Waals surface area contributed by atoms with Crippen molar-refractivity contribution in [3.63, 3.8) is 0 Å². The molecule has 0 aliphatic heterocycles. The molecule has 0 saturated heterocycles. The molecule has 1 heterocycles. The second kappa shape index (κ2) is 4.55. The molecular formula is C10H11Cl2N3O. The van der Waals surface area contributed by atoms with Crippen LogP contribution in [0, 0.1) is 11.8 Å². The summed E-state index contributed by atoms with van der Waals surface area (Å²) in [7, 11) is 0. The molecule has 1 amide bonds. The van der Waals surface area contributed by atoms with Crippen LogP contribution in [0.2, 0.25) is 10.3 Å². The second-order valence-electron chi connectivity index (χ2n) is 3.95. The van der Waals surface area contributed by atoms with Gasteiger partial charge in [-0.25, -0.2) is 9.97 Å². The van der Waals surface area contributed by atoms with Crippen molar-refractivity contribution < 1.29 is 4.79 Å². The van der Waals surface area contributed by atoms with Gasteiger partial charge in [-0.3, -0.25) is 4.79 Å². The lowest BCUT2D eigenvalue weighted by Crippen LogP contribution is -2.22. The van der Waals surface area contributed by atoms with Crippen LogP contribution in [-0.4, -0.2) is 15.9 Å². The van der Waals surface area contributed by atoms with Gasteiger partial charge in [-0.1, -0.05) is 30.1 Å². The van der Waals surface area contributed by atoms with Crippen LogP contribution >= 0.6 is 23.2 Å². The van der Waals surface area contributed by atoms with E-state index >= 15 is 0 Å². The molecule has 1 atom stereocenters. The summed E-state index contributed by atoms with van der Waals surface area (Å²) in [5.74, 6) is 0.385. The highest BCUT2D eigenvalue weighted by atomic mass is 35.5. The third-order valence-corrected chi connectivity index (χ3v) is 3.32. The fraction of sp³-hybridized carbons (Fsp3) is 0.500. The van der Waals surface area contributed by atoms with E-state index < -0.39 is 0 Å². The number of rotatable bonds is 3. The number of carbonyl (C=O) groups is 1. The summed E-state index contributed by atoms with van der Waals surface area (Å²) in [5.41, 5.74) is 0.295. The van der Waals surface area contributed by atoms with Gasteiger partial charge in [0.25, 0.3) is 0 Å². The zero-order valence-electron chi connectivity index (χ0n) is 8.70. The number of aromatic nitrogens is 2. The Morgan fingerprint density at radius 1 is 1.44 bits per heavy atom. The largest absolute Gasteiger partial charge is 0.321 e. The Bertz CT molecular complexity index is 400. The van der Waals surface area contributed by atoms with Crippen molar-refractivity contribution in [3.05, 3.63) is 16.6 Å². The van der Waals surface area contributed by atoms with E-state index in [-0.39, 0.29) is 22.1 Å². The van der Waals surface area contributed by atoms with Crippen molar-refractivity contribution >= 4 is 34.8 Å². The summed E-state index contributed by atoms with van der Waals surface area (Å²) in [6.07, 6.45) is 3.48. The highest BCUT2D eigenvalue weighted by Crippen LogP contribution is 2.37. The number of hydrogen-bond acceptors (Lipinski definition) is 3. The van der Waals surface area contributed by atoms with Gasteiger partial charge in [0, 0.05) is 5.92 Å². The zero-order chi connectivity index (χ0) is 11.7. The molecular weight excluding hydrogens is 249 g/mol. The van der Waals surface area contributed by atoms with E-state index in [2.05, 4.69) is 15.3 Å². The molecule has 1 saturated carbocycles. The summed E-state index contributed by atoms with van der Waals surface area (Å²) in [4.78, 5) is 19.4. The number of anilines is 1. The maximum atomic E-state index is 11.8. The average molecular weight is 260 g/mol. The molecule has 1 unspecified atom stereocenters. The van der Waals surface area contributed by atoms with Gasteiger partial charge in [-0.15, -0.1) is 0 Å². The predicted molar refractivity (Wildman–Crippen MR) is 62.6 cm³/mol. The minimum absolute atomic E-state index is 0.0210. The van der Waals surface area contributed by atoms with E-state index in [1.807, 2.05) is 6.92 Å². The molecule has 1 aromatic rings. The third kappa shape index (κ3) is 2.44. The van der Waals surface area contributed by atoms with Gasteiger partial charge in [-0.05, 0) is 18.8 Å². The minimum Gasteiger partial charge on any atom is -0.321 e. The van der Waals surface area contributed by atoms with Crippen molar-refractivity contribution in [3.8, 4) is 0 Å². The molecule has 0 radical (unpaired) electrons. The van der Waals surface area contributed by atoms with Gasteiger partial charge in [-0.2, -0.15) is 0 Å². The Kier molecular flexibility index (Phi) is 3.30. The smallest absolute Gasteiger partial charge is 0.227 e. The highest BCUT2D eigenvalue weighted by Gasteiger charge is 2.33. The van der Waals surface area contributed by atoms with Crippen LogP contribution in [0.25, 0.3) is 0 Å². The van der Waals surface area contributed by atoms with Gasteiger partial charge >= 0.3 is 0 Å². The van der Waals surface area contributed by atoms with Crippen molar-refractivity contribution in [2.75, 3.05) is 5.32 Å². The average Bonchev–Trinajstić information content (AvgIpc) is 3.06. The van der Waals surface area contributed by atoms with E-state index in [4.69, 9.17) is 23.2 Å². The van der Waals surface area contributed by atoms with E-state index in [9.17, 15) is 4.79 Å². The Labute approximate surface area is 103 Å². The van der Waals surface area contributed by atoms with E-state index in [1.165, 1.54) is 6.33 Å². The third-order valence-electron chi connectivity index (χ3n) is 2.75. The highest BCUT2D eigenvalue weighted by molar-refractivity contribution is 6.38. The van der Waals surface area contributed by atoms with Crippen LogP contribution in [0.1, 0.15) is 19.8 Å². The molecule has 0 bridgehead atoms. The second-order valence-corrected chi connectivity index (χ2v) is 4.66. The van der Waals surface area contributed by atoms with Crippen LogP contribution in [-0.2, 0) is 4.79 Å². The van der Waals surface area contributed by atoms with Crippen LogP contribution in [0.5, 0.6) is 0 Å². The molecule has 1 aliphatic rings. The van der Waals surface area contributed by atoms with Crippen LogP contribution in [0.3, 0.4) is 0 Å². The van der Waals surface area contributed by atoms with Crippen molar-refractivity contribution in [2.24, 2.45) is 11.8 Å². The van der Waals surface area contributed by atoms with Gasteiger partial charge in [0.2, 0.25) is 5.91 Å². The zero-order valence-corrected chi connectivity index (χ0v) is 10.2. The Balaban J connectivity index is 2.10.